The third kappa shape index (κ3) is 22.8. The molecule has 0 radical (unpaired) electrons. The number of hydrogen-bond acceptors (Lipinski definition) is 18. The number of carbonyl (C=O) groups excluding carboxylic acids is 6. The highest BCUT2D eigenvalue weighted by Gasteiger charge is 2.58. The molecule has 0 aromatic heterocycles. The Hall–Kier alpha value is -11.0. The van der Waals surface area contributed by atoms with Gasteiger partial charge in [-0.15, -0.1) is 0 Å². The topological polar surface area (TPSA) is 286 Å². The molecule has 10 aromatic carbocycles. The number of amides is 4. The van der Waals surface area contributed by atoms with Crippen molar-refractivity contribution in [1.29, 1.82) is 0 Å². The number of aliphatic hydroxyl groups is 6. The Morgan fingerprint density at radius 3 is 0.712 bits per heavy atom. The van der Waals surface area contributed by atoms with Crippen LogP contribution in [0, 0.1) is 0 Å². The average molecular weight is 1610 g/mol. The van der Waals surface area contributed by atoms with Gasteiger partial charge in [0.15, 0.2) is 34.0 Å². The van der Waals surface area contributed by atoms with Crippen molar-refractivity contribution >= 4 is 35.6 Å². The summed E-state index contributed by atoms with van der Waals surface area (Å²) in [5.41, 5.74) is 5.75. The van der Waals surface area contributed by atoms with Crippen LogP contribution in [0.25, 0.3) is 44.5 Å². The summed E-state index contributed by atoms with van der Waals surface area (Å²) in [6, 6.07) is 88.6. The minimum absolute atomic E-state index is 0. The lowest BCUT2D eigenvalue weighted by atomic mass is 9.89. The quantitative estimate of drug-likeness (QED) is 0.0266. The SMILES string of the molecule is C.C.C[C@@H](O)[C@](C)(OCc1ccc(-c2ccccc2)cc1)C(=O)CO.C[C@@H](O)[C@](C)(OCc1ccc(-c2ccccc2)cc1)C(=O)N1C(=O)OC(C)(C)[C@@H]1c1ccccc1.C[C@H](O)[C@](C)(OCc1ccc(-c2ccccc2)cc1)C(=O)CO.C[C@H](O)[C@](C)(OCc1ccc(-c2ccccc2)cc1)C(=O)N1C(=O)OC(C)(C)[C@@H]1c1ccccc1. The Balaban J connectivity index is 0.000000220. The molecule has 118 heavy (non-hydrogen) atoms. The standard InChI is InChI=1S/2C29H31NO5.2C19H22O4.2CH4/c2*1-20(31)29(4,34-19-21-15-17-23(18-16-21)22-11-7-5-8-12-22)26(32)30-25(24-13-9-6-10-14-24)28(2,3)35-27(30)33;2*1-14(21)19(2,18(22)12-20)23-13-15-8-10-17(11-9-15)16-6-4-3-5-7-16;;/h2*5-18,20,25,31H,19H2,1-4H3;2*3-11,14,20-21H,12-13H2,1-2H3;2*1H4/t20-,25+,29+;20-,25-,29-;14-,19+;14-,19-;;/m1010../s1. The van der Waals surface area contributed by atoms with Gasteiger partial charge in [0.1, 0.15) is 36.5 Å². The molecule has 0 saturated carbocycles. The van der Waals surface area contributed by atoms with Gasteiger partial charge in [0.25, 0.3) is 11.8 Å². The monoisotopic (exact) mass is 1610 g/mol. The number of Topliss-reactive ketones (excluding diaryl/α,β-unsaturated/α-hetero) is 2. The van der Waals surface area contributed by atoms with Crippen LogP contribution < -0.4 is 0 Å². The predicted octanol–water partition coefficient (Wildman–Crippen LogP) is 17.4. The molecule has 2 aliphatic heterocycles. The Kier molecular flexibility index (Phi) is 33.5. The van der Waals surface area contributed by atoms with Crippen LogP contribution in [-0.4, -0.2) is 147 Å². The summed E-state index contributed by atoms with van der Waals surface area (Å²) in [5.74, 6) is -2.35. The van der Waals surface area contributed by atoms with Gasteiger partial charge in [0.2, 0.25) is 0 Å². The zero-order chi connectivity index (χ0) is 84.2. The number of imide groups is 2. The van der Waals surface area contributed by atoms with Crippen LogP contribution in [0.3, 0.4) is 0 Å². The van der Waals surface area contributed by atoms with Crippen molar-refractivity contribution in [3.8, 4) is 44.5 Å². The van der Waals surface area contributed by atoms with Crippen LogP contribution in [-0.2, 0) is 74.0 Å². The van der Waals surface area contributed by atoms with Crippen LogP contribution in [0.5, 0.6) is 0 Å². The summed E-state index contributed by atoms with van der Waals surface area (Å²) in [6.45, 7) is 18.2. The Labute approximate surface area is 694 Å². The van der Waals surface area contributed by atoms with Gasteiger partial charge in [0, 0.05) is 0 Å². The van der Waals surface area contributed by atoms with E-state index in [0.29, 0.717) is 0 Å². The number of hydrogen-bond donors (Lipinski definition) is 6. The predicted molar refractivity (Wildman–Crippen MR) is 458 cm³/mol. The van der Waals surface area contributed by atoms with E-state index in [4.69, 9.17) is 38.6 Å². The van der Waals surface area contributed by atoms with Crippen molar-refractivity contribution in [2.75, 3.05) is 13.2 Å². The Morgan fingerprint density at radius 1 is 0.331 bits per heavy atom. The van der Waals surface area contributed by atoms with Gasteiger partial charge in [-0.3, -0.25) is 19.2 Å². The normalized spacial score (nSPS) is 17.5. The second-order valence-corrected chi connectivity index (χ2v) is 30.6. The summed E-state index contributed by atoms with van der Waals surface area (Å²) in [7, 11) is 0. The van der Waals surface area contributed by atoms with E-state index in [1.165, 1.54) is 55.4 Å². The molecule has 624 valence electrons. The number of nitrogens with zero attached hydrogens (tertiary/aromatic N) is 2. The van der Waals surface area contributed by atoms with Crippen LogP contribution in [0.2, 0.25) is 0 Å². The van der Waals surface area contributed by atoms with Crippen LogP contribution in [0.1, 0.15) is 143 Å². The fourth-order valence-corrected chi connectivity index (χ4v) is 13.3. The number of ketones is 2. The summed E-state index contributed by atoms with van der Waals surface area (Å²) in [6.07, 6.45) is -5.87. The van der Waals surface area contributed by atoms with Gasteiger partial charge in [-0.2, -0.15) is 0 Å². The van der Waals surface area contributed by atoms with Crippen molar-refractivity contribution in [1.82, 2.24) is 9.80 Å². The average Bonchev–Trinajstić information content (AvgIpc) is 1.64. The number of benzene rings is 10. The highest BCUT2D eigenvalue weighted by atomic mass is 16.6. The van der Waals surface area contributed by atoms with E-state index in [1.807, 2.05) is 279 Å². The lowest BCUT2D eigenvalue weighted by Crippen LogP contribution is -2.56. The van der Waals surface area contributed by atoms with Gasteiger partial charge in [-0.05, 0) is 161 Å². The molecule has 4 amide bonds. The van der Waals surface area contributed by atoms with Gasteiger partial charge in [0.05, 0.1) is 50.8 Å². The maximum Gasteiger partial charge on any atom is 0.417 e. The van der Waals surface area contributed by atoms with Crippen molar-refractivity contribution in [2.24, 2.45) is 0 Å². The molecule has 10 atom stereocenters. The molecule has 0 spiro atoms. The first-order valence-corrected chi connectivity index (χ1v) is 38.6. The Bertz CT molecular complexity index is 4520. The molecule has 20 nitrogen and oxygen atoms in total. The molecular weight excluding hydrogens is 1490 g/mol. The number of ether oxygens (including phenoxy) is 6. The van der Waals surface area contributed by atoms with E-state index < -0.39 is 119 Å². The largest absolute Gasteiger partial charge is 0.440 e. The molecule has 20 heteroatoms. The molecule has 6 N–H and O–H groups in total. The van der Waals surface area contributed by atoms with E-state index in [1.54, 1.807) is 27.7 Å². The van der Waals surface area contributed by atoms with Crippen LogP contribution in [0.4, 0.5) is 9.59 Å². The van der Waals surface area contributed by atoms with Crippen LogP contribution in [0.15, 0.2) is 279 Å². The van der Waals surface area contributed by atoms with E-state index in [9.17, 15) is 49.2 Å². The van der Waals surface area contributed by atoms with Crippen molar-refractivity contribution in [2.45, 2.75) is 194 Å². The first kappa shape index (κ1) is 94.2. The van der Waals surface area contributed by atoms with Crippen molar-refractivity contribution < 1.29 is 87.8 Å². The number of cyclic esters (lactones) is 2. The molecule has 2 aliphatic rings. The lowest BCUT2D eigenvalue weighted by molar-refractivity contribution is -0.172. The fourth-order valence-electron chi connectivity index (χ4n) is 13.3. The number of carbonyl (C=O) groups is 6. The van der Waals surface area contributed by atoms with Crippen LogP contribution >= 0.6 is 0 Å². The zero-order valence-electron chi connectivity index (χ0n) is 67.7. The van der Waals surface area contributed by atoms with Crippen molar-refractivity contribution in [3.63, 3.8) is 0 Å². The number of aliphatic hydroxyl groups excluding tert-OH is 6. The Morgan fingerprint density at radius 2 is 0.517 bits per heavy atom. The summed E-state index contributed by atoms with van der Waals surface area (Å²) >= 11 is 0. The van der Waals surface area contributed by atoms with Gasteiger partial charge in [-0.25, -0.2) is 19.4 Å². The highest BCUT2D eigenvalue weighted by molar-refractivity contribution is 6.00. The second-order valence-electron chi connectivity index (χ2n) is 30.6. The van der Waals surface area contributed by atoms with Crippen molar-refractivity contribution in [3.05, 3.63) is 312 Å². The minimum Gasteiger partial charge on any atom is -0.440 e. The summed E-state index contributed by atoms with van der Waals surface area (Å²) < 4.78 is 34.5. The third-order valence-corrected chi connectivity index (χ3v) is 21.4. The smallest absolute Gasteiger partial charge is 0.417 e. The molecule has 0 aliphatic carbocycles. The second kappa shape index (κ2) is 41.9. The van der Waals surface area contributed by atoms with Gasteiger partial charge >= 0.3 is 12.2 Å². The third-order valence-electron chi connectivity index (χ3n) is 21.4. The first-order valence-electron chi connectivity index (χ1n) is 38.6. The van der Waals surface area contributed by atoms with E-state index in [0.717, 1.165) is 87.7 Å². The molecule has 0 unspecified atom stereocenters. The molecule has 0 bridgehead atoms. The molecule has 2 saturated heterocycles. The van der Waals surface area contributed by atoms with E-state index in [-0.39, 0.29) is 41.3 Å². The minimum atomic E-state index is -1.66. The first-order chi connectivity index (χ1) is 55.2. The zero-order valence-corrected chi connectivity index (χ0v) is 67.7. The van der Waals surface area contributed by atoms with E-state index in [2.05, 4.69) is 0 Å². The van der Waals surface area contributed by atoms with E-state index >= 15 is 0 Å². The molecule has 10 aromatic rings. The van der Waals surface area contributed by atoms with Gasteiger partial charge < -0.3 is 59.1 Å². The summed E-state index contributed by atoms with van der Waals surface area (Å²) in [5, 5.41) is 58.9. The van der Waals surface area contributed by atoms with Gasteiger partial charge in [-0.1, -0.05) is 294 Å². The lowest BCUT2D eigenvalue weighted by Gasteiger charge is -2.36. The molecule has 2 heterocycles. The maximum absolute atomic E-state index is 13.8. The molecular formula is C98H114N2O18. The summed E-state index contributed by atoms with van der Waals surface area (Å²) in [4.78, 5) is 79.1. The molecule has 2 fully saturated rings. The highest BCUT2D eigenvalue weighted by Crippen LogP contribution is 2.45. The molecule has 12 rings (SSSR count). The fraction of sp³-hybridized carbons (Fsp3) is 0.327. The number of rotatable bonds is 28. The maximum atomic E-state index is 13.8.